The molecule has 52 heavy (non-hydrogen) atoms. The average molecular weight is 709 g/mol. The van der Waals surface area contributed by atoms with Crippen molar-refractivity contribution in [2.24, 2.45) is 9.98 Å². The molecule has 0 fully saturated rings. The quantitative estimate of drug-likeness (QED) is 0.134. The Bertz CT molecular complexity index is 2370. The Balaban J connectivity index is 1.62. The fourth-order valence-electron chi connectivity index (χ4n) is 6.77. The van der Waals surface area contributed by atoms with Crippen molar-refractivity contribution in [2.75, 3.05) is 0 Å². The van der Waals surface area contributed by atoms with E-state index in [4.69, 9.17) is 21.6 Å². The minimum Gasteiger partial charge on any atom is -0.507 e. The van der Waals surface area contributed by atoms with Gasteiger partial charge >= 0.3 is 0 Å². The molecule has 0 aliphatic heterocycles. The van der Waals surface area contributed by atoms with Crippen LogP contribution in [-0.2, 0) is 22.1 Å². The first-order valence-corrected chi connectivity index (χ1v) is 18.4. The first-order chi connectivity index (χ1) is 24.5. The number of aromatic hydroxyl groups is 2. The van der Waals surface area contributed by atoms with Crippen molar-refractivity contribution >= 4 is 56.9 Å². The molecule has 6 aromatic carbocycles. The molecular weight excluding hydrogens is 660 g/mol. The highest BCUT2D eigenvalue weighted by Crippen LogP contribution is 2.46. The number of fused-ring (bicyclic) bond motifs is 2. The number of phenols is 2. The SMILES string of the molecule is CC(C)(C)c1cc(C=Nc2ccc3ccccc3c2-c2c(N=Cc3cc(CCl)cc(C(C)(C)C)c3O)ccc3ccccc23)c(O)c(C(C)(C)C)c1. The molecule has 0 saturated carbocycles. The van der Waals surface area contributed by atoms with E-state index in [1.54, 1.807) is 12.4 Å². The van der Waals surface area contributed by atoms with Crippen LogP contribution in [0, 0.1) is 0 Å². The zero-order valence-corrected chi connectivity index (χ0v) is 32.5. The lowest BCUT2D eigenvalue weighted by Gasteiger charge is -2.27. The molecule has 4 nitrogen and oxygen atoms in total. The van der Waals surface area contributed by atoms with Gasteiger partial charge in [0.2, 0.25) is 0 Å². The number of rotatable bonds is 6. The molecule has 266 valence electrons. The topological polar surface area (TPSA) is 65.2 Å². The standard InChI is InChI=1S/C47H49ClN2O2/c1-45(2,3)34-24-33(44(52)38(25-34)47(7,8)9)28-50-40-21-19-31-15-11-13-17-36(31)42(40)41-35-16-12-10-14-30(35)18-20-39(41)49-27-32-22-29(26-48)23-37(43(32)51)46(4,5)6/h10-25,27-28,51-52H,26H2,1-9H3. The van der Waals surface area contributed by atoms with Crippen molar-refractivity contribution in [1.29, 1.82) is 0 Å². The monoisotopic (exact) mass is 708 g/mol. The van der Waals surface area contributed by atoms with Gasteiger partial charge in [-0.2, -0.15) is 0 Å². The van der Waals surface area contributed by atoms with E-state index in [0.29, 0.717) is 17.0 Å². The number of hydrogen-bond donors (Lipinski definition) is 2. The van der Waals surface area contributed by atoms with E-state index >= 15 is 0 Å². The second-order valence-electron chi connectivity index (χ2n) is 16.8. The van der Waals surface area contributed by atoms with Gasteiger partial charge < -0.3 is 10.2 Å². The molecule has 0 aliphatic carbocycles. The molecule has 0 aromatic heterocycles. The van der Waals surface area contributed by atoms with E-state index in [1.807, 2.05) is 48.5 Å². The van der Waals surface area contributed by atoms with Gasteiger partial charge in [-0.25, -0.2) is 0 Å². The number of halogens is 1. The van der Waals surface area contributed by atoms with Gasteiger partial charge in [-0.1, -0.05) is 135 Å². The predicted octanol–water partition coefficient (Wildman–Crippen LogP) is 13.2. The summed E-state index contributed by atoms with van der Waals surface area (Å²) in [6, 6.07) is 32.9. The van der Waals surface area contributed by atoms with Crippen molar-refractivity contribution in [1.82, 2.24) is 0 Å². The second-order valence-corrected chi connectivity index (χ2v) is 17.1. The Morgan fingerprint density at radius 3 is 1.42 bits per heavy atom. The van der Waals surface area contributed by atoms with E-state index < -0.39 is 0 Å². The van der Waals surface area contributed by atoms with Gasteiger partial charge in [0.15, 0.2) is 0 Å². The molecular formula is C47H49ClN2O2. The van der Waals surface area contributed by atoms with Crippen molar-refractivity contribution in [3.8, 4) is 22.6 Å². The van der Waals surface area contributed by atoms with Crippen LogP contribution in [0.15, 0.2) is 107 Å². The number of hydrogen-bond acceptors (Lipinski definition) is 4. The maximum absolute atomic E-state index is 11.6. The van der Waals surface area contributed by atoms with Gasteiger partial charge in [-0.3, -0.25) is 9.98 Å². The molecule has 0 bridgehead atoms. The molecule has 0 atom stereocenters. The number of alkyl halides is 1. The van der Waals surface area contributed by atoms with E-state index in [2.05, 4.69) is 111 Å². The summed E-state index contributed by atoms with van der Waals surface area (Å²) in [5.41, 5.74) is 7.77. The summed E-state index contributed by atoms with van der Waals surface area (Å²) in [7, 11) is 0. The van der Waals surface area contributed by atoms with Crippen LogP contribution < -0.4 is 0 Å². The van der Waals surface area contributed by atoms with Crippen molar-refractivity contribution < 1.29 is 10.2 Å². The van der Waals surface area contributed by atoms with Crippen LogP contribution in [0.25, 0.3) is 32.7 Å². The zero-order valence-electron chi connectivity index (χ0n) is 31.8. The lowest BCUT2D eigenvalue weighted by molar-refractivity contribution is 0.443. The molecule has 2 N–H and O–H groups in total. The number of phenolic OH excluding ortho intramolecular Hbond substituents is 2. The summed E-state index contributed by atoms with van der Waals surface area (Å²) in [5, 5.41) is 27.3. The summed E-state index contributed by atoms with van der Waals surface area (Å²) < 4.78 is 0. The van der Waals surface area contributed by atoms with Gasteiger partial charge in [-0.15, -0.1) is 11.6 Å². The van der Waals surface area contributed by atoms with Crippen LogP contribution in [0.5, 0.6) is 11.5 Å². The molecule has 6 rings (SSSR count). The Hall–Kier alpha value is -4.93. The third-order valence-corrected chi connectivity index (χ3v) is 10.0. The number of aliphatic imine (C=N–C) groups is 2. The Morgan fingerprint density at radius 1 is 0.538 bits per heavy atom. The average Bonchev–Trinajstić information content (AvgIpc) is 3.08. The molecule has 5 heteroatoms. The summed E-state index contributed by atoms with van der Waals surface area (Å²) >= 11 is 6.32. The molecule has 0 radical (unpaired) electrons. The maximum atomic E-state index is 11.6. The third-order valence-electron chi connectivity index (χ3n) is 9.72. The van der Waals surface area contributed by atoms with E-state index in [0.717, 1.165) is 66.3 Å². The highest BCUT2D eigenvalue weighted by molar-refractivity contribution is 6.17. The first kappa shape index (κ1) is 36.8. The molecule has 0 heterocycles. The Kier molecular flexibility index (Phi) is 9.85. The number of benzene rings is 6. The normalized spacial score (nSPS) is 12.9. The van der Waals surface area contributed by atoms with Gasteiger partial charge in [0.25, 0.3) is 0 Å². The van der Waals surface area contributed by atoms with Crippen LogP contribution >= 0.6 is 11.6 Å². The van der Waals surface area contributed by atoms with Crippen LogP contribution in [0.2, 0.25) is 0 Å². The summed E-state index contributed by atoms with van der Waals surface area (Å²) in [5.74, 6) is 0.777. The molecule has 0 spiro atoms. The van der Waals surface area contributed by atoms with Crippen molar-refractivity contribution in [3.05, 3.63) is 130 Å². The first-order valence-electron chi connectivity index (χ1n) is 17.9. The highest BCUT2D eigenvalue weighted by Gasteiger charge is 2.25. The Labute approximate surface area is 313 Å². The van der Waals surface area contributed by atoms with Gasteiger partial charge in [-0.05, 0) is 73.2 Å². The third kappa shape index (κ3) is 7.36. The lowest BCUT2D eigenvalue weighted by Crippen LogP contribution is -2.17. The molecule has 0 saturated heterocycles. The molecule has 0 unspecified atom stereocenters. The molecule has 0 aliphatic rings. The van der Waals surface area contributed by atoms with Gasteiger partial charge in [0.05, 0.1) is 11.4 Å². The second kappa shape index (κ2) is 13.9. The van der Waals surface area contributed by atoms with E-state index in [1.165, 1.54) is 0 Å². The van der Waals surface area contributed by atoms with E-state index in [9.17, 15) is 10.2 Å². The zero-order chi connectivity index (χ0) is 37.6. The van der Waals surface area contributed by atoms with Crippen molar-refractivity contribution in [3.63, 3.8) is 0 Å². The summed E-state index contributed by atoms with van der Waals surface area (Å²) in [6.45, 7) is 19.2. The van der Waals surface area contributed by atoms with Crippen LogP contribution in [0.4, 0.5) is 11.4 Å². The fraction of sp³-hybridized carbons (Fsp3) is 0.277. The Morgan fingerprint density at radius 2 is 0.981 bits per heavy atom. The predicted molar refractivity (Wildman–Crippen MR) is 223 cm³/mol. The van der Waals surface area contributed by atoms with Gasteiger partial charge in [0, 0.05) is 51.7 Å². The summed E-state index contributed by atoms with van der Waals surface area (Å²) in [4.78, 5) is 10.3. The van der Waals surface area contributed by atoms with Crippen LogP contribution in [-0.4, -0.2) is 22.6 Å². The molecule has 6 aromatic rings. The number of nitrogens with zero attached hydrogens (tertiary/aromatic N) is 2. The minimum atomic E-state index is -0.285. The smallest absolute Gasteiger partial charge is 0.128 e. The molecule has 0 amide bonds. The van der Waals surface area contributed by atoms with Crippen LogP contribution in [0.1, 0.15) is 95.7 Å². The summed E-state index contributed by atoms with van der Waals surface area (Å²) in [6.07, 6.45) is 3.54. The van der Waals surface area contributed by atoms with E-state index in [-0.39, 0.29) is 27.7 Å². The fourth-order valence-corrected chi connectivity index (χ4v) is 6.92. The van der Waals surface area contributed by atoms with Crippen molar-refractivity contribution in [2.45, 2.75) is 84.4 Å². The highest BCUT2D eigenvalue weighted by atomic mass is 35.5. The largest absolute Gasteiger partial charge is 0.507 e. The lowest BCUT2D eigenvalue weighted by atomic mass is 9.79. The van der Waals surface area contributed by atoms with Gasteiger partial charge in [0.1, 0.15) is 11.5 Å². The maximum Gasteiger partial charge on any atom is 0.128 e. The van der Waals surface area contributed by atoms with Crippen LogP contribution in [0.3, 0.4) is 0 Å². The minimum absolute atomic E-state index is 0.119.